The fourth-order valence-electron chi connectivity index (χ4n) is 1.89. The quantitative estimate of drug-likeness (QED) is 0.320. The van der Waals surface area contributed by atoms with Gasteiger partial charge in [-0.1, -0.05) is 49.3 Å². The van der Waals surface area contributed by atoms with E-state index >= 15 is 0 Å². The van der Waals surface area contributed by atoms with Crippen LogP contribution in [0.4, 0.5) is 0 Å². The van der Waals surface area contributed by atoms with Crippen molar-refractivity contribution in [3.05, 3.63) is 65.4 Å². The van der Waals surface area contributed by atoms with Gasteiger partial charge in [-0.2, -0.15) is 5.26 Å². The third kappa shape index (κ3) is 7.97. The summed E-state index contributed by atoms with van der Waals surface area (Å²) < 4.78 is 4.72. The Kier molecular flexibility index (Phi) is 10.4. The Labute approximate surface area is 165 Å². The Balaban J connectivity index is 0.000000285. The summed E-state index contributed by atoms with van der Waals surface area (Å²) >= 11 is 1.48. The van der Waals surface area contributed by atoms with E-state index in [1.54, 1.807) is 6.26 Å². The standard InChI is InChI=1S/C12H18N2OS.C9H7NO/c1-9(2)10(3)14-12(16-4)11(8-13)6-5-7-15;1-2-4-8(5-3-1)9-6-7-11-10-9/h5-7,9-10,14H,1-4H3;1-7H/b6-5+,12-11+;. The van der Waals surface area contributed by atoms with Crippen LogP contribution in [-0.2, 0) is 4.79 Å². The zero-order valence-corrected chi connectivity index (χ0v) is 16.9. The first-order chi connectivity index (χ1) is 13.0. The molecule has 0 aliphatic heterocycles. The maximum atomic E-state index is 10.2. The van der Waals surface area contributed by atoms with Crippen molar-refractivity contribution in [1.29, 1.82) is 5.26 Å². The lowest BCUT2D eigenvalue weighted by atomic mass is 10.1. The van der Waals surface area contributed by atoms with Crippen LogP contribution in [0.25, 0.3) is 11.3 Å². The minimum absolute atomic E-state index is 0.287. The van der Waals surface area contributed by atoms with Gasteiger partial charge in [0.25, 0.3) is 0 Å². The van der Waals surface area contributed by atoms with Gasteiger partial charge in [0.05, 0.1) is 10.6 Å². The number of benzene rings is 1. The molecule has 0 aliphatic carbocycles. The minimum atomic E-state index is 0.287. The number of aromatic nitrogens is 1. The Morgan fingerprint density at radius 3 is 2.44 bits per heavy atom. The molecule has 1 N–H and O–H groups in total. The Morgan fingerprint density at radius 1 is 1.26 bits per heavy atom. The van der Waals surface area contributed by atoms with Crippen molar-refractivity contribution in [2.45, 2.75) is 26.8 Å². The smallest absolute Gasteiger partial charge is 0.142 e. The predicted molar refractivity (Wildman–Crippen MR) is 111 cm³/mol. The molecule has 1 aromatic heterocycles. The van der Waals surface area contributed by atoms with Gasteiger partial charge in [0.2, 0.25) is 0 Å². The van der Waals surface area contributed by atoms with Crippen molar-refractivity contribution in [2.24, 2.45) is 5.92 Å². The van der Waals surface area contributed by atoms with Crippen LogP contribution in [-0.4, -0.2) is 23.7 Å². The highest BCUT2D eigenvalue weighted by Gasteiger charge is 2.10. The summed E-state index contributed by atoms with van der Waals surface area (Å²) in [5.41, 5.74) is 2.46. The molecule has 1 atom stereocenters. The zero-order valence-electron chi connectivity index (χ0n) is 16.0. The van der Waals surface area contributed by atoms with Crippen LogP contribution in [0.5, 0.6) is 0 Å². The molecule has 0 amide bonds. The molecule has 27 heavy (non-hydrogen) atoms. The van der Waals surface area contributed by atoms with Gasteiger partial charge >= 0.3 is 0 Å². The lowest BCUT2D eigenvalue weighted by Gasteiger charge is -2.20. The van der Waals surface area contributed by atoms with Crippen LogP contribution < -0.4 is 5.32 Å². The van der Waals surface area contributed by atoms with E-state index in [2.05, 4.69) is 37.3 Å². The summed E-state index contributed by atoms with van der Waals surface area (Å²) in [5, 5.41) is 16.9. The molecule has 0 spiro atoms. The van der Waals surface area contributed by atoms with E-state index in [0.717, 1.165) is 16.3 Å². The van der Waals surface area contributed by atoms with Gasteiger partial charge in [0.1, 0.15) is 24.3 Å². The van der Waals surface area contributed by atoms with Crippen molar-refractivity contribution >= 4 is 18.0 Å². The second kappa shape index (κ2) is 12.6. The number of carbonyl (C=O) groups is 1. The Morgan fingerprint density at radius 2 is 1.96 bits per heavy atom. The number of thioether (sulfide) groups is 1. The molecule has 0 bridgehead atoms. The first kappa shape index (κ1) is 22.3. The average molecular weight is 384 g/mol. The van der Waals surface area contributed by atoms with Gasteiger partial charge in [0.15, 0.2) is 0 Å². The highest BCUT2D eigenvalue weighted by molar-refractivity contribution is 8.02. The van der Waals surface area contributed by atoms with E-state index in [4.69, 9.17) is 9.78 Å². The monoisotopic (exact) mass is 383 g/mol. The maximum Gasteiger partial charge on any atom is 0.142 e. The van der Waals surface area contributed by atoms with E-state index in [9.17, 15) is 4.79 Å². The molecule has 0 fully saturated rings. The number of hydrogen-bond donors (Lipinski definition) is 1. The summed E-state index contributed by atoms with van der Waals surface area (Å²) in [6, 6.07) is 14.1. The van der Waals surface area contributed by atoms with Crippen LogP contribution in [0, 0.1) is 17.2 Å². The average Bonchev–Trinajstić information content (AvgIpc) is 3.23. The Bertz CT molecular complexity index is 776. The molecule has 142 valence electrons. The molecule has 0 aliphatic rings. The Hall–Kier alpha value is -2.78. The molecule has 0 radical (unpaired) electrons. The molecule has 5 nitrogen and oxygen atoms in total. The van der Waals surface area contributed by atoms with Crippen LogP contribution in [0.3, 0.4) is 0 Å². The third-order valence-corrected chi connectivity index (χ3v) is 4.52. The number of allylic oxidation sites excluding steroid dienone is 3. The summed E-state index contributed by atoms with van der Waals surface area (Å²) in [7, 11) is 0. The zero-order chi connectivity index (χ0) is 20.1. The van der Waals surface area contributed by atoms with Gasteiger partial charge in [-0.15, -0.1) is 11.8 Å². The fourth-order valence-corrected chi connectivity index (χ4v) is 2.53. The summed E-state index contributed by atoms with van der Waals surface area (Å²) in [6.07, 6.45) is 7.00. The summed E-state index contributed by atoms with van der Waals surface area (Å²) in [6.45, 7) is 6.30. The van der Waals surface area contributed by atoms with E-state index < -0.39 is 0 Å². The largest absolute Gasteiger partial charge is 0.376 e. The normalized spacial score (nSPS) is 12.6. The van der Waals surface area contributed by atoms with Crippen LogP contribution in [0.2, 0.25) is 0 Å². The topological polar surface area (TPSA) is 78.9 Å². The van der Waals surface area contributed by atoms with E-state index in [-0.39, 0.29) is 6.04 Å². The molecular weight excluding hydrogens is 358 g/mol. The fraction of sp³-hybridized carbons (Fsp3) is 0.286. The van der Waals surface area contributed by atoms with E-state index in [0.29, 0.717) is 17.8 Å². The number of nitriles is 1. The summed E-state index contributed by atoms with van der Waals surface area (Å²) in [5.74, 6) is 0.483. The van der Waals surface area contributed by atoms with Crippen LogP contribution in [0.15, 0.2) is 69.9 Å². The molecule has 2 rings (SSSR count). The van der Waals surface area contributed by atoms with Gasteiger partial charge < -0.3 is 9.84 Å². The highest BCUT2D eigenvalue weighted by Crippen LogP contribution is 2.17. The number of nitrogens with one attached hydrogen (secondary N) is 1. The summed E-state index contributed by atoms with van der Waals surface area (Å²) in [4.78, 5) is 10.2. The molecular formula is C21H25N3O2S. The van der Waals surface area contributed by atoms with Crippen LogP contribution in [0.1, 0.15) is 20.8 Å². The van der Waals surface area contributed by atoms with Crippen LogP contribution >= 0.6 is 11.8 Å². The number of rotatable bonds is 7. The second-order valence-electron chi connectivity index (χ2n) is 5.98. The maximum absolute atomic E-state index is 10.2. The van der Waals surface area contributed by atoms with Gasteiger partial charge in [-0.3, -0.25) is 4.79 Å². The van der Waals surface area contributed by atoms with E-state index in [1.165, 1.54) is 23.9 Å². The number of carbonyl (C=O) groups excluding carboxylic acids is 1. The highest BCUT2D eigenvalue weighted by atomic mass is 32.2. The second-order valence-corrected chi connectivity index (χ2v) is 6.80. The number of aldehydes is 1. The molecule has 1 heterocycles. The van der Waals surface area contributed by atoms with Crippen molar-refractivity contribution in [1.82, 2.24) is 10.5 Å². The molecule has 0 saturated carbocycles. The number of hydrogen-bond acceptors (Lipinski definition) is 6. The lowest BCUT2D eigenvalue weighted by molar-refractivity contribution is -0.104. The third-order valence-electron chi connectivity index (χ3n) is 3.78. The molecule has 0 saturated heterocycles. The van der Waals surface area contributed by atoms with E-state index in [1.807, 2.05) is 42.7 Å². The first-order valence-corrected chi connectivity index (χ1v) is 9.78. The van der Waals surface area contributed by atoms with Gasteiger partial charge in [-0.05, 0) is 31.2 Å². The predicted octanol–water partition coefficient (Wildman–Crippen LogP) is 4.82. The van der Waals surface area contributed by atoms with Gasteiger partial charge in [-0.25, -0.2) is 0 Å². The molecule has 2 aromatic rings. The van der Waals surface area contributed by atoms with Crippen molar-refractivity contribution in [2.75, 3.05) is 6.26 Å². The van der Waals surface area contributed by atoms with Crippen molar-refractivity contribution in [3.8, 4) is 17.3 Å². The SMILES string of the molecule is CS/C(NC(C)C(C)C)=C(C#N)\C=C\C=O.c1ccc(-c2ccon2)cc1. The first-order valence-electron chi connectivity index (χ1n) is 8.56. The van der Waals surface area contributed by atoms with Crippen molar-refractivity contribution < 1.29 is 9.32 Å². The minimum Gasteiger partial charge on any atom is -0.376 e. The molecule has 1 unspecified atom stereocenters. The number of nitrogens with zero attached hydrogens (tertiary/aromatic N) is 2. The molecule has 6 heteroatoms. The molecule has 1 aromatic carbocycles. The van der Waals surface area contributed by atoms with Gasteiger partial charge in [0, 0.05) is 17.7 Å². The van der Waals surface area contributed by atoms with Crippen molar-refractivity contribution in [3.63, 3.8) is 0 Å². The lowest BCUT2D eigenvalue weighted by Crippen LogP contribution is -2.29.